The molecule has 0 aliphatic carbocycles. The van der Waals surface area contributed by atoms with Crippen LogP contribution in [0.5, 0.6) is 11.5 Å². The van der Waals surface area contributed by atoms with E-state index in [9.17, 15) is 4.79 Å². The van der Waals surface area contributed by atoms with Crippen LogP contribution in [-0.2, 0) is 11.2 Å². The summed E-state index contributed by atoms with van der Waals surface area (Å²) >= 11 is 1.47. The molecule has 0 fully saturated rings. The standard InChI is InChI=1S/C28H26N4O3S/c1-31-23-12-8-7-11-21(23)26(27(31)33)30-32-24(22-17-20(34-2)13-14-25(22)35-3)18-36-28(32)29-16-15-19-9-5-4-6-10-19/h4-14,17-18H,15-16H2,1-3H3. The molecule has 0 spiro atoms. The summed E-state index contributed by atoms with van der Waals surface area (Å²) in [6.07, 6.45) is 0.803. The lowest BCUT2D eigenvalue weighted by atomic mass is 10.1. The third kappa shape index (κ3) is 4.43. The number of hydrogen-bond acceptors (Lipinski definition) is 6. The number of anilines is 1. The van der Waals surface area contributed by atoms with Gasteiger partial charge in [-0.1, -0.05) is 48.5 Å². The Morgan fingerprint density at radius 2 is 1.69 bits per heavy atom. The highest BCUT2D eigenvalue weighted by Crippen LogP contribution is 2.34. The molecule has 0 radical (unpaired) electrons. The summed E-state index contributed by atoms with van der Waals surface area (Å²) in [5.41, 5.74) is 4.78. The quantitative estimate of drug-likeness (QED) is 0.374. The van der Waals surface area contributed by atoms with Gasteiger partial charge in [0, 0.05) is 30.1 Å². The molecule has 0 unspecified atom stereocenters. The van der Waals surface area contributed by atoms with Gasteiger partial charge in [0.2, 0.25) is 4.80 Å². The first kappa shape index (κ1) is 23.6. The second-order valence-corrected chi connectivity index (χ2v) is 9.07. The summed E-state index contributed by atoms with van der Waals surface area (Å²) in [4.78, 5) is 20.4. The Morgan fingerprint density at radius 1 is 0.917 bits per heavy atom. The van der Waals surface area contributed by atoms with Crippen molar-refractivity contribution < 1.29 is 14.3 Å². The minimum atomic E-state index is -0.159. The number of benzene rings is 3. The zero-order valence-electron chi connectivity index (χ0n) is 20.3. The Bertz CT molecular complexity index is 1500. The number of rotatable bonds is 7. The van der Waals surface area contributed by atoms with Crippen molar-refractivity contribution in [3.63, 3.8) is 0 Å². The van der Waals surface area contributed by atoms with Crippen LogP contribution in [0.25, 0.3) is 11.3 Å². The van der Waals surface area contributed by atoms with Gasteiger partial charge in [-0.3, -0.25) is 9.79 Å². The van der Waals surface area contributed by atoms with Gasteiger partial charge in [0.05, 0.1) is 25.6 Å². The van der Waals surface area contributed by atoms with Crippen molar-refractivity contribution in [1.29, 1.82) is 0 Å². The van der Waals surface area contributed by atoms with E-state index in [0.29, 0.717) is 28.6 Å². The average molecular weight is 499 g/mol. The van der Waals surface area contributed by atoms with Crippen LogP contribution in [0.3, 0.4) is 0 Å². The van der Waals surface area contributed by atoms with Crippen LogP contribution in [0.2, 0.25) is 0 Å². The zero-order chi connectivity index (χ0) is 25.1. The largest absolute Gasteiger partial charge is 0.497 e. The lowest BCUT2D eigenvalue weighted by molar-refractivity contribution is -0.112. The van der Waals surface area contributed by atoms with Crippen LogP contribution >= 0.6 is 11.3 Å². The number of methoxy groups -OCH3 is 2. The van der Waals surface area contributed by atoms with Gasteiger partial charge in [-0.25, -0.2) is 4.68 Å². The molecule has 0 N–H and O–H groups in total. The van der Waals surface area contributed by atoms with E-state index >= 15 is 0 Å². The van der Waals surface area contributed by atoms with Gasteiger partial charge in [0.25, 0.3) is 5.91 Å². The number of likely N-dealkylation sites (N-methyl/N-ethyl adjacent to an activating group) is 1. The molecule has 1 aliphatic heterocycles. The number of nitrogens with zero attached hydrogens (tertiary/aromatic N) is 4. The van der Waals surface area contributed by atoms with Gasteiger partial charge in [0.15, 0.2) is 5.71 Å². The zero-order valence-corrected chi connectivity index (χ0v) is 21.2. The fourth-order valence-corrected chi connectivity index (χ4v) is 5.02. The van der Waals surface area contributed by atoms with Crippen molar-refractivity contribution in [2.45, 2.75) is 6.42 Å². The molecule has 8 heteroatoms. The van der Waals surface area contributed by atoms with E-state index in [1.165, 1.54) is 16.9 Å². The fourth-order valence-electron chi connectivity index (χ4n) is 4.18. The molecule has 3 aromatic carbocycles. The molecule has 1 aromatic heterocycles. The second-order valence-electron chi connectivity index (χ2n) is 8.23. The summed E-state index contributed by atoms with van der Waals surface area (Å²) in [6, 6.07) is 23.5. The van der Waals surface area contributed by atoms with Crippen LogP contribution in [0.15, 0.2) is 88.3 Å². The van der Waals surface area contributed by atoms with E-state index in [0.717, 1.165) is 28.9 Å². The van der Waals surface area contributed by atoms with Gasteiger partial charge in [0.1, 0.15) is 11.5 Å². The first-order valence-corrected chi connectivity index (χ1v) is 12.4. The lowest BCUT2D eigenvalue weighted by Gasteiger charge is -2.11. The van der Waals surface area contributed by atoms with Crippen molar-refractivity contribution >= 4 is 28.6 Å². The van der Waals surface area contributed by atoms with E-state index in [-0.39, 0.29) is 5.91 Å². The van der Waals surface area contributed by atoms with Crippen molar-refractivity contribution in [3.05, 3.63) is 94.1 Å². The van der Waals surface area contributed by atoms with Gasteiger partial charge in [-0.05, 0) is 36.2 Å². The number of carbonyl (C=O) groups excluding carboxylic acids is 1. The van der Waals surface area contributed by atoms with E-state index in [4.69, 9.17) is 19.6 Å². The Balaban J connectivity index is 1.66. The average Bonchev–Trinajstić information content (AvgIpc) is 3.43. The highest BCUT2D eigenvalue weighted by molar-refractivity contribution is 7.07. The topological polar surface area (TPSA) is 68.4 Å². The number of para-hydroxylation sites is 1. The third-order valence-corrected chi connectivity index (χ3v) is 6.94. The highest BCUT2D eigenvalue weighted by Gasteiger charge is 2.31. The molecule has 0 saturated heterocycles. The second kappa shape index (κ2) is 10.2. The highest BCUT2D eigenvalue weighted by atomic mass is 32.1. The Morgan fingerprint density at radius 3 is 2.47 bits per heavy atom. The molecular weight excluding hydrogens is 472 g/mol. The first-order valence-electron chi connectivity index (χ1n) is 11.5. The molecule has 4 aromatic rings. The predicted octanol–water partition coefficient (Wildman–Crippen LogP) is 4.61. The van der Waals surface area contributed by atoms with Crippen molar-refractivity contribution in [3.8, 4) is 22.8 Å². The number of fused-ring (bicyclic) bond motifs is 1. The van der Waals surface area contributed by atoms with E-state index in [1.807, 2.05) is 66.0 Å². The Kier molecular flexibility index (Phi) is 6.69. The minimum Gasteiger partial charge on any atom is -0.497 e. The maximum absolute atomic E-state index is 13.2. The van der Waals surface area contributed by atoms with E-state index in [2.05, 4.69) is 12.1 Å². The first-order chi connectivity index (χ1) is 17.6. The lowest BCUT2D eigenvalue weighted by Crippen LogP contribution is -2.27. The Hall–Kier alpha value is -4.17. The molecule has 7 nitrogen and oxygen atoms in total. The maximum atomic E-state index is 13.2. The molecule has 182 valence electrons. The third-order valence-electron chi connectivity index (χ3n) is 6.09. The molecule has 5 rings (SSSR count). The number of hydrogen-bond donors (Lipinski definition) is 0. The predicted molar refractivity (Wildman–Crippen MR) is 143 cm³/mol. The maximum Gasteiger partial charge on any atom is 0.279 e. The van der Waals surface area contributed by atoms with Gasteiger partial charge in [-0.15, -0.1) is 11.3 Å². The van der Waals surface area contributed by atoms with Crippen molar-refractivity contribution in [2.75, 3.05) is 32.7 Å². The number of carbonyl (C=O) groups is 1. The summed E-state index contributed by atoms with van der Waals surface area (Å²) < 4.78 is 12.9. The number of ether oxygens (including phenoxy) is 2. The van der Waals surface area contributed by atoms with E-state index in [1.54, 1.807) is 30.8 Å². The number of aromatic nitrogens is 1. The van der Waals surface area contributed by atoms with Crippen LogP contribution in [0, 0.1) is 0 Å². The van der Waals surface area contributed by atoms with E-state index < -0.39 is 0 Å². The van der Waals surface area contributed by atoms with Gasteiger partial charge in [-0.2, -0.15) is 5.10 Å². The van der Waals surface area contributed by atoms with Crippen molar-refractivity contribution in [2.24, 2.45) is 10.1 Å². The van der Waals surface area contributed by atoms with Crippen LogP contribution in [-0.4, -0.2) is 44.1 Å². The normalized spacial score (nSPS) is 14.4. The van der Waals surface area contributed by atoms with Crippen molar-refractivity contribution in [1.82, 2.24) is 4.68 Å². The fraction of sp³-hybridized carbons (Fsp3) is 0.179. The van der Waals surface area contributed by atoms with Crippen LogP contribution < -0.4 is 19.2 Å². The molecule has 1 amide bonds. The number of amides is 1. The molecule has 36 heavy (non-hydrogen) atoms. The summed E-state index contributed by atoms with van der Waals surface area (Å²) in [7, 11) is 5.02. The number of thiazole rings is 1. The van der Waals surface area contributed by atoms with Crippen LogP contribution in [0.1, 0.15) is 11.1 Å². The summed E-state index contributed by atoms with van der Waals surface area (Å²) in [6.45, 7) is 0.592. The monoisotopic (exact) mass is 498 g/mol. The molecule has 0 saturated carbocycles. The molecule has 0 bridgehead atoms. The Labute approximate surface area is 213 Å². The molecule has 1 aliphatic rings. The molecule has 2 heterocycles. The van der Waals surface area contributed by atoms with Crippen LogP contribution in [0.4, 0.5) is 5.69 Å². The van der Waals surface area contributed by atoms with Gasteiger partial charge < -0.3 is 14.4 Å². The molecular formula is C28H26N4O3S. The SMILES string of the molecule is COc1ccc(OC)c(-c2csc(=NCCc3ccccc3)n2N=C2C(=O)N(C)c3ccccc32)c1. The smallest absolute Gasteiger partial charge is 0.279 e. The van der Waals surface area contributed by atoms with Gasteiger partial charge >= 0.3 is 0 Å². The molecule has 0 atom stereocenters. The minimum absolute atomic E-state index is 0.159. The summed E-state index contributed by atoms with van der Waals surface area (Å²) in [5.74, 6) is 1.21. The summed E-state index contributed by atoms with van der Waals surface area (Å²) in [5, 5.41) is 6.87.